The molecule has 2 aromatic heterocycles. The second kappa shape index (κ2) is 5.32. The normalized spacial score (nSPS) is 18.0. The molecule has 0 radical (unpaired) electrons. The molecule has 2 N–H and O–H groups in total. The molecule has 0 saturated heterocycles. The molecule has 0 fully saturated rings. The van der Waals surface area contributed by atoms with Gasteiger partial charge in [0.15, 0.2) is 0 Å². The van der Waals surface area contributed by atoms with Crippen molar-refractivity contribution in [1.29, 1.82) is 0 Å². The van der Waals surface area contributed by atoms with Gasteiger partial charge < -0.3 is 10.3 Å². The van der Waals surface area contributed by atoms with Crippen LogP contribution in [0.2, 0.25) is 0 Å². The maximum Gasteiger partial charge on any atom is 0.0479 e. The third-order valence-corrected chi connectivity index (χ3v) is 5.61. The van der Waals surface area contributed by atoms with E-state index < -0.39 is 0 Å². The Bertz CT molecular complexity index is 768. The summed E-state index contributed by atoms with van der Waals surface area (Å²) in [4.78, 5) is 5.11. The Hall–Kier alpha value is -1.58. The molecule has 0 aliphatic heterocycles. The van der Waals surface area contributed by atoms with Gasteiger partial charge in [-0.15, -0.1) is 11.3 Å². The van der Waals surface area contributed by atoms with E-state index in [9.17, 15) is 0 Å². The summed E-state index contributed by atoms with van der Waals surface area (Å²) in [7, 11) is 0. The first-order chi connectivity index (χ1) is 10.3. The first kappa shape index (κ1) is 13.1. The zero-order valence-corrected chi connectivity index (χ0v) is 13.1. The number of hydrogen-bond acceptors (Lipinski definition) is 2. The number of rotatable bonds is 3. The van der Waals surface area contributed by atoms with Gasteiger partial charge in [-0.25, -0.2) is 0 Å². The Balaban J connectivity index is 1.62. The maximum absolute atomic E-state index is 3.76. The molecule has 3 heteroatoms. The Labute approximate surface area is 129 Å². The van der Waals surface area contributed by atoms with E-state index in [2.05, 4.69) is 52.9 Å². The summed E-state index contributed by atoms with van der Waals surface area (Å²) in [5, 5.41) is 7.35. The Kier molecular flexibility index (Phi) is 3.32. The molecule has 2 heterocycles. The minimum absolute atomic E-state index is 0.461. The van der Waals surface area contributed by atoms with Gasteiger partial charge in [0.05, 0.1) is 0 Å². The smallest absolute Gasteiger partial charge is 0.0479 e. The third kappa shape index (κ3) is 2.30. The van der Waals surface area contributed by atoms with Crippen LogP contribution in [0.5, 0.6) is 0 Å². The van der Waals surface area contributed by atoms with E-state index in [-0.39, 0.29) is 0 Å². The van der Waals surface area contributed by atoms with Crippen LogP contribution in [0, 0.1) is 6.92 Å². The monoisotopic (exact) mass is 296 g/mol. The van der Waals surface area contributed by atoms with Crippen molar-refractivity contribution < 1.29 is 0 Å². The van der Waals surface area contributed by atoms with Crippen LogP contribution in [-0.4, -0.2) is 4.98 Å². The van der Waals surface area contributed by atoms with Gasteiger partial charge in [0.25, 0.3) is 0 Å². The topological polar surface area (TPSA) is 27.8 Å². The van der Waals surface area contributed by atoms with Crippen molar-refractivity contribution >= 4 is 22.2 Å². The van der Waals surface area contributed by atoms with E-state index >= 15 is 0 Å². The second-order valence-electron chi connectivity index (χ2n) is 5.92. The van der Waals surface area contributed by atoms with Crippen molar-refractivity contribution in [3.05, 3.63) is 57.4 Å². The highest BCUT2D eigenvalue weighted by Gasteiger charge is 2.23. The Morgan fingerprint density at radius 3 is 3.05 bits per heavy atom. The minimum atomic E-state index is 0.461. The fourth-order valence-electron chi connectivity index (χ4n) is 3.42. The van der Waals surface area contributed by atoms with Crippen molar-refractivity contribution in [1.82, 2.24) is 10.3 Å². The summed E-state index contributed by atoms with van der Waals surface area (Å²) in [5.41, 5.74) is 5.62. The number of H-pyrrole nitrogens is 1. The molecule has 3 aromatic rings. The van der Waals surface area contributed by atoms with Crippen molar-refractivity contribution in [3.63, 3.8) is 0 Å². The van der Waals surface area contributed by atoms with E-state index in [1.165, 1.54) is 51.9 Å². The fraction of sp³-hybridized carbons (Fsp3) is 0.333. The molecule has 1 atom stereocenters. The van der Waals surface area contributed by atoms with Crippen molar-refractivity contribution in [2.24, 2.45) is 0 Å². The second-order valence-corrected chi connectivity index (χ2v) is 6.92. The predicted octanol–water partition coefficient (Wildman–Crippen LogP) is 4.71. The summed E-state index contributed by atoms with van der Waals surface area (Å²) < 4.78 is 0. The largest absolute Gasteiger partial charge is 0.357 e. The molecule has 0 spiro atoms. The predicted molar refractivity (Wildman–Crippen MR) is 89.9 cm³/mol. The molecule has 108 valence electrons. The van der Waals surface area contributed by atoms with Gasteiger partial charge in [0.1, 0.15) is 0 Å². The molecule has 0 saturated carbocycles. The van der Waals surface area contributed by atoms with E-state index in [4.69, 9.17) is 0 Å². The summed E-state index contributed by atoms with van der Waals surface area (Å²) >= 11 is 1.85. The molecule has 2 nitrogen and oxygen atoms in total. The van der Waals surface area contributed by atoms with Crippen molar-refractivity contribution in [2.75, 3.05) is 0 Å². The lowest BCUT2D eigenvalue weighted by atomic mass is 9.91. The van der Waals surface area contributed by atoms with Crippen LogP contribution < -0.4 is 5.32 Å². The molecule has 1 unspecified atom stereocenters. The van der Waals surface area contributed by atoms with Crippen molar-refractivity contribution in [3.8, 4) is 0 Å². The van der Waals surface area contributed by atoms with Gasteiger partial charge in [-0.2, -0.15) is 0 Å². The fourth-order valence-corrected chi connectivity index (χ4v) is 4.28. The molecule has 0 bridgehead atoms. The highest BCUT2D eigenvalue weighted by Crippen LogP contribution is 2.34. The lowest BCUT2D eigenvalue weighted by Crippen LogP contribution is -2.24. The lowest BCUT2D eigenvalue weighted by molar-refractivity contribution is 0.454. The molecule has 1 aliphatic rings. The number of fused-ring (bicyclic) bond motifs is 3. The molecular weight excluding hydrogens is 276 g/mol. The number of thiophene rings is 1. The van der Waals surface area contributed by atoms with E-state index in [1.807, 2.05) is 11.3 Å². The Morgan fingerprint density at radius 2 is 2.19 bits per heavy atom. The van der Waals surface area contributed by atoms with Crippen molar-refractivity contribution in [2.45, 2.75) is 38.8 Å². The molecule has 1 aliphatic carbocycles. The summed E-state index contributed by atoms with van der Waals surface area (Å²) in [6.45, 7) is 3.17. The highest BCUT2D eigenvalue weighted by molar-refractivity contribution is 7.10. The number of hydrogen-bond donors (Lipinski definition) is 2. The van der Waals surface area contributed by atoms with Crippen LogP contribution in [-0.2, 0) is 13.0 Å². The van der Waals surface area contributed by atoms with Crippen LogP contribution in [0.3, 0.4) is 0 Å². The van der Waals surface area contributed by atoms with Gasteiger partial charge >= 0.3 is 0 Å². The van der Waals surface area contributed by atoms with E-state index in [1.54, 1.807) is 0 Å². The maximum atomic E-state index is 3.76. The van der Waals surface area contributed by atoms with Crippen LogP contribution in [0.1, 0.15) is 40.6 Å². The average molecular weight is 296 g/mol. The van der Waals surface area contributed by atoms with Crippen LogP contribution in [0.25, 0.3) is 10.9 Å². The molecule has 21 heavy (non-hydrogen) atoms. The highest BCUT2D eigenvalue weighted by atomic mass is 32.1. The number of aromatic nitrogens is 1. The average Bonchev–Trinajstić information content (AvgIpc) is 3.09. The summed E-state index contributed by atoms with van der Waals surface area (Å²) in [5.74, 6) is 0. The SMILES string of the molecule is Cc1ccsc1CNC1CCCc2c1[nH]c1ccccc21. The van der Waals surface area contributed by atoms with Crippen LogP contribution in [0.15, 0.2) is 35.7 Å². The lowest BCUT2D eigenvalue weighted by Gasteiger charge is -2.24. The first-order valence-corrected chi connectivity index (χ1v) is 8.57. The zero-order valence-electron chi connectivity index (χ0n) is 12.3. The standard InChI is InChI=1S/C18H20N2S/c1-12-9-10-21-17(12)11-19-16-8-4-6-14-13-5-2-3-7-15(13)20-18(14)16/h2-3,5,7,9-10,16,19-20H,4,6,8,11H2,1H3. The van der Waals surface area contributed by atoms with Gasteiger partial charge in [-0.3, -0.25) is 0 Å². The van der Waals surface area contributed by atoms with Gasteiger partial charge in [0, 0.05) is 34.1 Å². The number of aromatic amines is 1. The van der Waals surface area contributed by atoms with Gasteiger partial charge in [0.2, 0.25) is 0 Å². The van der Waals surface area contributed by atoms with Crippen LogP contribution >= 0.6 is 11.3 Å². The summed E-state index contributed by atoms with van der Waals surface area (Å²) in [6.07, 6.45) is 3.70. The van der Waals surface area contributed by atoms with Gasteiger partial charge in [-0.05, 0) is 54.8 Å². The van der Waals surface area contributed by atoms with Crippen LogP contribution in [0.4, 0.5) is 0 Å². The number of benzene rings is 1. The van der Waals surface area contributed by atoms with E-state index in [0.717, 1.165) is 6.54 Å². The number of nitrogens with one attached hydrogen (secondary N) is 2. The minimum Gasteiger partial charge on any atom is -0.357 e. The molecular formula is C18H20N2S. The summed E-state index contributed by atoms with van der Waals surface area (Å²) in [6, 6.07) is 11.4. The quantitative estimate of drug-likeness (QED) is 0.720. The Morgan fingerprint density at radius 1 is 1.29 bits per heavy atom. The third-order valence-electron chi connectivity index (χ3n) is 4.59. The molecule has 4 rings (SSSR count). The van der Waals surface area contributed by atoms with Gasteiger partial charge in [-0.1, -0.05) is 18.2 Å². The number of para-hydroxylation sites is 1. The molecule has 0 amide bonds. The zero-order chi connectivity index (χ0) is 14.2. The first-order valence-electron chi connectivity index (χ1n) is 7.69. The number of aryl methyl sites for hydroxylation is 2. The molecule has 1 aromatic carbocycles. The van der Waals surface area contributed by atoms with E-state index in [0.29, 0.717) is 6.04 Å².